The number of nitrogens with one attached hydrogen (secondary N) is 2. The largest absolute Gasteiger partial charge is 0.394 e. The van der Waals surface area contributed by atoms with Crippen LogP contribution in [0.3, 0.4) is 0 Å². The van der Waals surface area contributed by atoms with E-state index in [1.165, 1.54) is 0 Å². The molecule has 1 aliphatic heterocycles. The van der Waals surface area contributed by atoms with E-state index in [1.807, 2.05) is 13.8 Å². The topological polar surface area (TPSA) is 64.6 Å². The smallest absolute Gasteiger partial charge is 0.240 e. The first-order valence-corrected chi connectivity index (χ1v) is 5.86. The van der Waals surface area contributed by atoms with Gasteiger partial charge in [0.1, 0.15) is 0 Å². The van der Waals surface area contributed by atoms with Crippen molar-refractivity contribution in [3.05, 3.63) is 0 Å². The van der Waals surface area contributed by atoms with Gasteiger partial charge in [-0.1, -0.05) is 0 Å². The molecule has 1 rings (SSSR count). The molecule has 1 fully saturated rings. The maximum atomic E-state index is 12.0. The van der Waals surface area contributed by atoms with E-state index in [2.05, 4.69) is 15.5 Å². The minimum absolute atomic E-state index is 0.0176. The molecule has 0 aliphatic carbocycles. The number of rotatable bonds is 4. The molecule has 3 N–H and O–H groups in total. The Hall–Kier alpha value is -0.650. The number of aliphatic hydroxyl groups is 1. The van der Waals surface area contributed by atoms with E-state index in [4.69, 9.17) is 5.11 Å². The van der Waals surface area contributed by atoms with Gasteiger partial charge in [-0.15, -0.1) is 0 Å². The van der Waals surface area contributed by atoms with Crippen LogP contribution in [0.5, 0.6) is 0 Å². The number of piperazine rings is 1. The molecule has 1 unspecified atom stereocenters. The number of amides is 1. The Labute approximate surface area is 97.2 Å². The highest BCUT2D eigenvalue weighted by Gasteiger charge is 2.35. The molecule has 94 valence electrons. The first kappa shape index (κ1) is 13.4. The SMILES string of the molecule is CC(CO)NC(=O)C(C)(C)N1CCNCC1. The highest BCUT2D eigenvalue weighted by Crippen LogP contribution is 2.15. The van der Waals surface area contributed by atoms with E-state index in [1.54, 1.807) is 6.92 Å². The minimum Gasteiger partial charge on any atom is -0.394 e. The van der Waals surface area contributed by atoms with Crippen LogP contribution in [0.25, 0.3) is 0 Å². The van der Waals surface area contributed by atoms with E-state index in [-0.39, 0.29) is 18.6 Å². The number of aliphatic hydroxyl groups excluding tert-OH is 1. The number of hydrogen-bond acceptors (Lipinski definition) is 4. The monoisotopic (exact) mass is 229 g/mol. The van der Waals surface area contributed by atoms with Crippen LogP contribution in [0.4, 0.5) is 0 Å². The molecule has 0 saturated carbocycles. The van der Waals surface area contributed by atoms with Crippen molar-refractivity contribution in [1.29, 1.82) is 0 Å². The van der Waals surface area contributed by atoms with Crippen LogP contribution in [0, 0.1) is 0 Å². The molecular weight excluding hydrogens is 206 g/mol. The molecule has 0 spiro atoms. The van der Waals surface area contributed by atoms with Crippen LogP contribution in [0.2, 0.25) is 0 Å². The van der Waals surface area contributed by atoms with Crippen molar-refractivity contribution in [2.45, 2.75) is 32.4 Å². The Morgan fingerprint density at radius 1 is 1.50 bits per heavy atom. The van der Waals surface area contributed by atoms with Crippen molar-refractivity contribution < 1.29 is 9.90 Å². The maximum Gasteiger partial charge on any atom is 0.240 e. The van der Waals surface area contributed by atoms with Gasteiger partial charge in [-0.2, -0.15) is 0 Å². The molecule has 0 aromatic carbocycles. The van der Waals surface area contributed by atoms with Crippen LogP contribution >= 0.6 is 0 Å². The van der Waals surface area contributed by atoms with E-state index in [0.717, 1.165) is 26.2 Å². The van der Waals surface area contributed by atoms with Crippen molar-refractivity contribution in [1.82, 2.24) is 15.5 Å². The quantitative estimate of drug-likeness (QED) is 0.588. The molecule has 0 bridgehead atoms. The van der Waals surface area contributed by atoms with E-state index in [0.29, 0.717) is 0 Å². The lowest BCUT2D eigenvalue weighted by molar-refractivity contribution is -0.133. The number of carbonyl (C=O) groups is 1. The minimum atomic E-state index is -0.508. The zero-order chi connectivity index (χ0) is 12.2. The number of nitrogens with zero attached hydrogens (tertiary/aromatic N) is 1. The zero-order valence-electron chi connectivity index (χ0n) is 10.4. The summed E-state index contributed by atoms with van der Waals surface area (Å²) in [7, 11) is 0. The van der Waals surface area contributed by atoms with Crippen molar-refractivity contribution in [3.63, 3.8) is 0 Å². The average molecular weight is 229 g/mol. The summed E-state index contributed by atoms with van der Waals surface area (Å²) >= 11 is 0. The molecule has 0 aromatic heterocycles. The number of carbonyl (C=O) groups excluding carboxylic acids is 1. The fraction of sp³-hybridized carbons (Fsp3) is 0.909. The first-order chi connectivity index (χ1) is 7.48. The zero-order valence-corrected chi connectivity index (χ0v) is 10.4. The fourth-order valence-electron chi connectivity index (χ4n) is 1.81. The third-order valence-corrected chi connectivity index (χ3v) is 3.11. The Balaban J connectivity index is 2.56. The lowest BCUT2D eigenvalue weighted by Gasteiger charge is -2.40. The highest BCUT2D eigenvalue weighted by molar-refractivity contribution is 5.85. The molecule has 1 saturated heterocycles. The molecule has 1 amide bonds. The van der Waals surface area contributed by atoms with E-state index in [9.17, 15) is 4.79 Å². The molecule has 1 aliphatic rings. The van der Waals surface area contributed by atoms with Crippen molar-refractivity contribution in [3.8, 4) is 0 Å². The van der Waals surface area contributed by atoms with Gasteiger partial charge >= 0.3 is 0 Å². The maximum absolute atomic E-state index is 12.0. The summed E-state index contributed by atoms with van der Waals surface area (Å²) in [6, 6.07) is -0.185. The molecule has 16 heavy (non-hydrogen) atoms. The molecular formula is C11H23N3O2. The molecule has 1 atom stereocenters. The van der Waals surface area contributed by atoms with E-state index >= 15 is 0 Å². The Morgan fingerprint density at radius 3 is 2.56 bits per heavy atom. The molecule has 0 aromatic rings. The summed E-state index contributed by atoms with van der Waals surface area (Å²) in [4.78, 5) is 14.2. The second kappa shape index (κ2) is 5.61. The Morgan fingerprint density at radius 2 is 2.06 bits per heavy atom. The Kier molecular flexibility index (Phi) is 4.70. The van der Waals surface area contributed by atoms with E-state index < -0.39 is 5.54 Å². The van der Waals surface area contributed by atoms with Crippen LogP contribution in [-0.2, 0) is 4.79 Å². The summed E-state index contributed by atoms with van der Waals surface area (Å²) in [5.41, 5.74) is -0.508. The molecule has 0 radical (unpaired) electrons. The summed E-state index contributed by atoms with van der Waals surface area (Å²) < 4.78 is 0. The van der Waals surface area contributed by atoms with Gasteiger partial charge < -0.3 is 15.7 Å². The van der Waals surface area contributed by atoms with Crippen LogP contribution in [0.15, 0.2) is 0 Å². The van der Waals surface area contributed by atoms with Gasteiger partial charge in [0.15, 0.2) is 0 Å². The van der Waals surface area contributed by atoms with Crippen molar-refractivity contribution >= 4 is 5.91 Å². The van der Waals surface area contributed by atoms with Gasteiger partial charge in [0.25, 0.3) is 0 Å². The predicted molar refractivity (Wildman–Crippen MR) is 63.2 cm³/mol. The molecule has 1 heterocycles. The Bertz CT molecular complexity index is 237. The lowest BCUT2D eigenvalue weighted by atomic mass is 10.00. The second-order valence-corrected chi connectivity index (χ2v) is 4.85. The standard InChI is InChI=1S/C11H23N3O2/c1-9(8-15)13-10(16)11(2,3)14-6-4-12-5-7-14/h9,12,15H,4-8H2,1-3H3,(H,13,16). The van der Waals surface area contributed by atoms with Gasteiger partial charge in [-0.05, 0) is 20.8 Å². The summed E-state index contributed by atoms with van der Waals surface area (Å²) in [5, 5.41) is 15.0. The van der Waals surface area contributed by atoms with Crippen LogP contribution < -0.4 is 10.6 Å². The summed E-state index contributed by atoms with van der Waals surface area (Å²) in [6.45, 7) is 9.24. The molecule has 5 heteroatoms. The second-order valence-electron chi connectivity index (χ2n) is 4.85. The summed E-state index contributed by atoms with van der Waals surface area (Å²) in [6.07, 6.45) is 0. The third-order valence-electron chi connectivity index (χ3n) is 3.11. The van der Waals surface area contributed by atoms with Crippen molar-refractivity contribution in [2.75, 3.05) is 32.8 Å². The van der Waals surface area contributed by atoms with Crippen LogP contribution in [-0.4, -0.2) is 60.3 Å². The van der Waals surface area contributed by atoms with Gasteiger partial charge in [0.05, 0.1) is 12.1 Å². The van der Waals surface area contributed by atoms with Gasteiger partial charge in [0.2, 0.25) is 5.91 Å². The average Bonchev–Trinajstić information content (AvgIpc) is 2.29. The third kappa shape index (κ3) is 3.17. The first-order valence-electron chi connectivity index (χ1n) is 5.86. The molecule has 5 nitrogen and oxygen atoms in total. The van der Waals surface area contributed by atoms with Gasteiger partial charge in [-0.25, -0.2) is 0 Å². The van der Waals surface area contributed by atoms with Gasteiger partial charge in [-0.3, -0.25) is 9.69 Å². The number of hydrogen-bond donors (Lipinski definition) is 3. The normalized spacial score (nSPS) is 20.5. The van der Waals surface area contributed by atoms with Crippen molar-refractivity contribution in [2.24, 2.45) is 0 Å². The summed E-state index contributed by atoms with van der Waals surface area (Å²) in [5.74, 6) is -0.0176. The fourth-order valence-corrected chi connectivity index (χ4v) is 1.81. The predicted octanol–water partition coefficient (Wildman–Crippen LogP) is -0.833. The van der Waals surface area contributed by atoms with Crippen LogP contribution in [0.1, 0.15) is 20.8 Å². The van der Waals surface area contributed by atoms with Gasteiger partial charge in [0, 0.05) is 32.2 Å². The highest BCUT2D eigenvalue weighted by atomic mass is 16.3. The lowest BCUT2D eigenvalue weighted by Crippen LogP contribution is -2.61.